The predicted octanol–water partition coefficient (Wildman–Crippen LogP) is 4.72. The number of nitrogens with zero attached hydrogens (tertiary/aromatic N) is 3. The van der Waals surface area contributed by atoms with Crippen LogP contribution >= 0.6 is 45.2 Å². The van der Waals surface area contributed by atoms with Crippen molar-refractivity contribution in [3.8, 4) is 5.88 Å². The highest BCUT2D eigenvalue weighted by Gasteiger charge is 2.08. The maximum Gasteiger partial charge on any atom is 0.265 e. The van der Waals surface area contributed by atoms with Crippen LogP contribution in [0.25, 0.3) is 0 Å². The standard InChI is InChI=1S/C18H15IN4O2.C11H9IN4O2/c19-15-10-21-18(22-14-8-6-13(7-9-14)16(20)24)23-17(15)25-11-12-4-2-1-3-5-12;12-8-5-14-11(16-10(8)18)15-7-3-1-6(2-4-7)9(13)17/h1-10H,11H2,(H2,20,24)(H,21,22,23);1-5H,(H2,13,17)(H2,14,15,16,18). The number of carbonyl (C=O) groups excluding carboxylic acids is 2. The first-order chi connectivity index (χ1) is 20.7. The van der Waals surface area contributed by atoms with Gasteiger partial charge in [-0.25, -0.2) is 9.97 Å². The number of benzene rings is 3. The van der Waals surface area contributed by atoms with Crippen LogP contribution in [0.2, 0.25) is 0 Å². The lowest BCUT2D eigenvalue weighted by Crippen LogP contribution is -2.13. The average molecular weight is 802 g/mol. The minimum atomic E-state index is -0.484. The molecule has 0 radical (unpaired) electrons. The largest absolute Gasteiger partial charge is 0.472 e. The van der Waals surface area contributed by atoms with Crippen molar-refractivity contribution >= 4 is 80.3 Å². The Morgan fingerprint density at radius 1 is 0.767 bits per heavy atom. The second-order valence-electron chi connectivity index (χ2n) is 8.66. The maximum atomic E-state index is 11.4. The van der Waals surface area contributed by atoms with E-state index in [1.165, 1.54) is 6.20 Å². The van der Waals surface area contributed by atoms with E-state index in [0.717, 1.165) is 14.8 Å². The van der Waals surface area contributed by atoms with Crippen LogP contribution in [0.4, 0.5) is 23.3 Å². The number of carbonyl (C=O) groups is 2. The van der Waals surface area contributed by atoms with Crippen molar-refractivity contribution < 1.29 is 14.3 Å². The smallest absolute Gasteiger partial charge is 0.265 e. The molecule has 3 aromatic carbocycles. The number of hydrogen-bond acceptors (Lipinski definition) is 9. The molecule has 5 rings (SSSR count). The van der Waals surface area contributed by atoms with Crippen LogP contribution in [-0.2, 0) is 6.61 Å². The summed E-state index contributed by atoms with van der Waals surface area (Å²) in [7, 11) is 0. The van der Waals surface area contributed by atoms with Gasteiger partial charge < -0.3 is 26.8 Å². The van der Waals surface area contributed by atoms with Gasteiger partial charge in [0.2, 0.25) is 29.6 Å². The minimum Gasteiger partial charge on any atom is -0.472 e. The summed E-state index contributed by atoms with van der Waals surface area (Å²) >= 11 is 4.03. The quantitative estimate of drug-likeness (QED) is 0.131. The first kappa shape index (κ1) is 31.4. The Hall–Kier alpha value is -4.58. The average Bonchev–Trinajstić information content (AvgIpc) is 3.01. The molecule has 2 heterocycles. The van der Waals surface area contributed by atoms with Gasteiger partial charge >= 0.3 is 0 Å². The fourth-order valence-corrected chi connectivity index (χ4v) is 4.07. The van der Waals surface area contributed by atoms with E-state index < -0.39 is 11.8 Å². The van der Waals surface area contributed by atoms with Gasteiger partial charge in [-0.15, -0.1) is 0 Å². The normalized spacial score (nSPS) is 10.2. The Labute approximate surface area is 273 Å². The number of H-pyrrole nitrogens is 1. The van der Waals surface area contributed by atoms with Crippen LogP contribution in [0.1, 0.15) is 26.3 Å². The van der Waals surface area contributed by atoms with Gasteiger partial charge in [0.05, 0.1) is 7.14 Å². The van der Waals surface area contributed by atoms with Crippen molar-refractivity contribution in [2.75, 3.05) is 10.6 Å². The molecule has 2 aromatic heterocycles. The molecule has 0 saturated carbocycles. The van der Waals surface area contributed by atoms with Gasteiger partial charge in [-0.2, -0.15) is 4.98 Å². The van der Waals surface area contributed by atoms with Crippen molar-refractivity contribution in [3.63, 3.8) is 0 Å². The van der Waals surface area contributed by atoms with Crippen molar-refractivity contribution in [2.45, 2.75) is 6.61 Å². The highest BCUT2D eigenvalue weighted by molar-refractivity contribution is 14.1. The number of ether oxygens (including phenoxy) is 1. The van der Waals surface area contributed by atoms with Gasteiger partial charge in [0, 0.05) is 34.9 Å². The van der Waals surface area contributed by atoms with E-state index in [1.807, 2.05) is 52.9 Å². The van der Waals surface area contributed by atoms with E-state index in [0.29, 0.717) is 44.8 Å². The Bertz CT molecular complexity index is 1770. The van der Waals surface area contributed by atoms with E-state index >= 15 is 0 Å². The number of primary amides is 2. The van der Waals surface area contributed by atoms with Gasteiger partial charge in [-0.1, -0.05) is 30.3 Å². The molecule has 0 aliphatic heterocycles. The number of hydrogen-bond donors (Lipinski definition) is 5. The van der Waals surface area contributed by atoms with Gasteiger partial charge in [-0.3, -0.25) is 19.4 Å². The zero-order valence-corrected chi connectivity index (χ0v) is 26.6. The summed E-state index contributed by atoms with van der Waals surface area (Å²) < 4.78 is 7.13. The van der Waals surface area contributed by atoms with Crippen LogP contribution in [0, 0.1) is 7.14 Å². The van der Waals surface area contributed by atoms with E-state index in [-0.39, 0.29) is 5.56 Å². The van der Waals surface area contributed by atoms with Crippen LogP contribution in [0.15, 0.2) is 96.1 Å². The van der Waals surface area contributed by atoms with Crippen LogP contribution in [0.3, 0.4) is 0 Å². The van der Waals surface area contributed by atoms with Crippen LogP contribution in [0.5, 0.6) is 5.88 Å². The molecule has 0 fully saturated rings. The zero-order valence-electron chi connectivity index (χ0n) is 22.3. The highest BCUT2D eigenvalue weighted by Crippen LogP contribution is 2.22. The number of aromatic nitrogens is 4. The third-order valence-corrected chi connectivity index (χ3v) is 7.05. The SMILES string of the molecule is NC(=O)c1ccc(Nc2ncc(I)c(=O)[nH]2)cc1.NC(=O)c1ccc(Nc2ncc(I)c(OCc3ccccc3)n2)cc1. The molecule has 0 saturated heterocycles. The third-order valence-electron chi connectivity index (χ3n) is 5.54. The molecule has 5 aromatic rings. The van der Waals surface area contributed by atoms with Crippen LogP contribution in [-0.4, -0.2) is 31.8 Å². The molecular weight excluding hydrogens is 778 g/mol. The molecular formula is C29H24I2N8O4. The molecule has 0 bridgehead atoms. The number of amides is 2. The van der Waals surface area contributed by atoms with Gasteiger partial charge in [0.15, 0.2) is 0 Å². The summed E-state index contributed by atoms with van der Waals surface area (Å²) in [6, 6.07) is 23.2. The number of rotatable bonds is 9. The van der Waals surface area contributed by atoms with E-state index in [9.17, 15) is 14.4 Å². The molecule has 0 atom stereocenters. The molecule has 0 spiro atoms. The lowest BCUT2D eigenvalue weighted by atomic mass is 10.2. The van der Waals surface area contributed by atoms with E-state index in [4.69, 9.17) is 16.2 Å². The Kier molecular flexibility index (Phi) is 11.0. The number of aromatic amines is 1. The van der Waals surface area contributed by atoms with Gasteiger partial charge in [-0.05, 0) is 99.3 Å². The highest BCUT2D eigenvalue weighted by atomic mass is 127. The number of anilines is 4. The Balaban J connectivity index is 0.000000208. The molecule has 218 valence electrons. The molecule has 14 heteroatoms. The second kappa shape index (κ2) is 15.1. The second-order valence-corrected chi connectivity index (χ2v) is 11.0. The molecule has 7 N–H and O–H groups in total. The number of nitrogens with two attached hydrogens (primary N) is 2. The van der Waals surface area contributed by atoms with E-state index in [1.54, 1.807) is 54.7 Å². The first-order valence-corrected chi connectivity index (χ1v) is 14.6. The van der Waals surface area contributed by atoms with Gasteiger partial charge in [0.25, 0.3) is 5.56 Å². The maximum absolute atomic E-state index is 11.4. The predicted molar refractivity (Wildman–Crippen MR) is 180 cm³/mol. The van der Waals surface area contributed by atoms with Crippen molar-refractivity contribution in [1.82, 2.24) is 19.9 Å². The summed E-state index contributed by atoms with van der Waals surface area (Å²) in [4.78, 5) is 48.6. The molecule has 0 aliphatic rings. The Morgan fingerprint density at radius 2 is 1.33 bits per heavy atom. The molecule has 43 heavy (non-hydrogen) atoms. The summed E-state index contributed by atoms with van der Waals surface area (Å²) in [6.45, 7) is 0.431. The topological polar surface area (TPSA) is 191 Å². The summed E-state index contributed by atoms with van der Waals surface area (Å²) in [5, 5.41) is 5.99. The summed E-state index contributed by atoms with van der Waals surface area (Å²) in [6.07, 6.45) is 3.16. The Morgan fingerprint density at radius 3 is 1.88 bits per heavy atom. The lowest BCUT2D eigenvalue weighted by Gasteiger charge is -2.10. The van der Waals surface area contributed by atoms with Crippen molar-refractivity contribution in [1.29, 1.82) is 0 Å². The summed E-state index contributed by atoms with van der Waals surface area (Å²) in [5.74, 6) is 0.314. The van der Waals surface area contributed by atoms with Crippen molar-refractivity contribution in [3.05, 3.63) is 125 Å². The monoisotopic (exact) mass is 802 g/mol. The summed E-state index contributed by atoms with van der Waals surface area (Å²) in [5.41, 5.74) is 13.5. The lowest BCUT2D eigenvalue weighted by molar-refractivity contribution is 0.0992. The molecule has 12 nitrogen and oxygen atoms in total. The molecule has 2 amide bonds. The fraction of sp³-hybridized carbons (Fsp3) is 0.0345. The molecule has 0 unspecified atom stereocenters. The third kappa shape index (κ3) is 9.47. The number of nitrogens with one attached hydrogen (secondary N) is 3. The zero-order chi connectivity index (χ0) is 30.8. The van der Waals surface area contributed by atoms with Gasteiger partial charge in [0.1, 0.15) is 6.61 Å². The van der Waals surface area contributed by atoms with Crippen molar-refractivity contribution in [2.24, 2.45) is 11.5 Å². The minimum absolute atomic E-state index is 0.207. The van der Waals surface area contributed by atoms with E-state index in [2.05, 4.69) is 53.2 Å². The number of halogens is 2. The first-order valence-electron chi connectivity index (χ1n) is 12.5. The fourth-order valence-electron chi connectivity index (χ4n) is 3.38. The van der Waals surface area contributed by atoms with Crippen LogP contribution < -0.4 is 32.4 Å². The molecule has 0 aliphatic carbocycles.